The number of rotatable bonds is 6. The van der Waals surface area contributed by atoms with Gasteiger partial charge in [0.15, 0.2) is 5.78 Å². The van der Waals surface area contributed by atoms with Gasteiger partial charge in [0.05, 0.1) is 12.2 Å². The van der Waals surface area contributed by atoms with Crippen molar-refractivity contribution >= 4 is 17.2 Å². The van der Waals surface area contributed by atoms with E-state index < -0.39 is 0 Å². The number of ether oxygens (including phenoxy) is 1. The van der Waals surface area contributed by atoms with Crippen molar-refractivity contribution in [2.75, 3.05) is 29.9 Å². The molecule has 28 heavy (non-hydrogen) atoms. The zero-order valence-electron chi connectivity index (χ0n) is 16.5. The summed E-state index contributed by atoms with van der Waals surface area (Å²) in [7, 11) is 0. The van der Waals surface area contributed by atoms with Crippen LogP contribution in [-0.4, -0.2) is 31.5 Å². The predicted molar refractivity (Wildman–Crippen MR) is 115 cm³/mol. The van der Waals surface area contributed by atoms with Gasteiger partial charge in [0.2, 0.25) is 0 Å². The number of anilines is 2. The van der Waals surface area contributed by atoms with E-state index in [9.17, 15) is 4.79 Å². The summed E-state index contributed by atoms with van der Waals surface area (Å²) >= 11 is 0. The summed E-state index contributed by atoms with van der Waals surface area (Å²) in [5, 5.41) is 3.47. The fourth-order valence-corrected chi connectivity index (χ4v) is 4.05. The first-order chi connectivity index (χ1) is 13.6. The summed E-state index contributed by atoms with van der Waals surface area (Å²) in [5.41, 5.74) is 5.35. The van der Waals surface area contributed by atoms with E-state index in [0.29, 0.717) is 6.42 Å². The second kappa shape index (κ2) is 8.09. The largest absolute Gasteiger partial charge is 0.490 e. The molecule has 2 aromatic carbocycles. The van der Waals surface area contributed by atoms with E-state index in [0.717, 1.165) is 61.6 Å². The van der Waals surface area contributed by atoms with Crippen LogP contribution in [0.3, 0.4) is 0 Å². The number of fused-ring (bicyclic) bond motifs is 2. The average Bonchev–Trinajstić information content (AvgIpc) is 2.71. The quantitative estimate of drug-likeness (QED) is 0.444. The van der Waals surface area contributed by atoms with Crippen LogP contribution in [-0.2, 0) is 6.42 Å². The summed E-state index contributed by atoms with van der Waals surface area (Å²) in [6.45, 7) is 8.82. The maximum absolute atomic E-state index is 12.9. The highest BCUT2D eigenvalue weighted by atomic mass is 16.5. The Morgan fingerprint density at radius 3 is 2.96 bits per heavy atom. The molecule has 2 aliphatic heterocycles. The van der Waals surface area contributed by atoms with Crippen molar-refractivity contribution in [3.8, 4) is 5.75 Å². The van der Waals surface area contributed by atoms with Crippen LogP contribution in [0, 0.1) is 0 Å². The molecule has 2 aromatic rings. The summed E-state index contributed by atoms with van der Waals surface area (Å²) < 4.78 is 5.72. The third kappa shape index (κ3) is 3.77. The second-order valence-corrected chi connectivity index (χ2v) is 7.72. The van der Waals surface area contributed by atoms with Gasteiger partial charge in [0.25, 0.3) is 0 Å². The molecule has 2 heterocycles. The van der Waals surface area contributed by atoms with Gasteiger partial charge in [-0.05, 0) is 49.9 Å². The number of carbonyl (C=O) groups excluding carboxylic acids is 1. The lowest BCUT2D eigenvalue weighted by atomic mass is 9.90. The molecule has 1 unspecified atom stereocenters. The van der Waals surface area contributed by atoms with Gasteiger partial charge in [-0.3, -0.25) is 4.79 Å². The Bertz CT molecular complexity index is 890. The Morgan fingerprint density at radius 2 is 2.07 bits per heavy atom. The van der Waals surface area contributed by atoms with Crippen LogP contribution in [0.4, 0.5) is 11.4 Å². The summed E-state index contributed by atoms with van der Waals surface area (Å²) in [6.07, 6.45) is 3.32. The molecule has 0 saturated heterocycles. The first kappa shape index (κ1) is 18.6. The Balaban J connectivity index is 1.34. The molecule has 0 aromatic heterocycles. The Hall–Kier alpha value is -2.75. The van der Waals surface area contributed by atoms with E-state index in [1.165, 1.54) is 11.1 Å². The van der Waals surface area contributed by atoms with Gasteiger partial charge in [-0.2, -0.15) is 0 Å². The molecule has 0 radical (unpaired) electrons. The fraction of sp³-hybridized carbons (Fsp3) is 0.375. The molecule has 0 aliphatic carbocycles. The first-order valence-corrected chi connectivity index (χ1v) is 10.2. The van der Waals surface area contributed by atoms with Crippen LogP contribution in [0.2, 0.25) is 0 Å². The molecule has 1 atom stereocenters. The van der Waals surface area contributed by atoms with Crippen molar-refractivity contribution in [1.29, 1.82) is 0 Å². The minimum absolute atomic E-state index is 0.211. The van der Waals surface area contributed by atoms with Crippen molar-refractivity contribution in [1.82, 2.24) is 0 Å². The van der Waals surface area contributed by atoms with Gasteiger partial charge in [0.1, 0.15) is 12.4 Å². The minimum Gasteiger partial charge on any atom is -0.490 e. The van der Waals surface area contributed by atoms with E-state index in [1.54, 1.807) is 0 Å². The summed E-state index contributed by atoms with van der Waals surface area (Å²) in [6, 6.07) is 14.4. The predicted octanol–water partition coefficient (Wildman–Crippen LogP) is 4.85. The van der Waals surface area contributed by atoms with Crippen molar-refractivity contribution in [2.24, 2.45) is 0 Å². The van der Waals surface area contributed by atoms with Gasteiger partial charge in [0, 0.05) is 30.3 Å². The van der Waals surface area contributed by atoms with Crippen molar-refractivity contribution < 1.29 is 9.53 Å². The standard InChI is InChI=1S/C24H28N2O2/c1-17-16-19-8-7-9-20(24(19)25-18(17)2)22(27)11-5-6-13-26-14-15-28-23-12-4-3-10-21(23)26/h3-4,7-10,12,18,25H,1,5-6,11,13-16H2,2H3. The molecule has 146 valence electrons. The zero-order chi connectivity index (χ0) is 19.5. The lowest BCUT2D eigenvalue weighted by Crippen LogP contribution is -2.33. The minimum atomic E-state index is 0.211. The van der Waals surface area contributed by atoms with Crippen LogP contribution in [0.5, 0.6) is 5.75 Å². The molecule has 0 saturated carbocycles. The highest BCUT2D eigenvalue weighted by Gasteiger charge is 2.22. The number of para-hydroxylation sites is 3. The summed E-state index contributed by atoms with van der Waals surface area (Å²) in [5.74, 6) is 1.19. The first-order valence-electron chi connectivity index (χ1n) is 10.2. The topological polar surface area (TPSA) is 41.6 Å². The number of carbonyl (C=O) groups is 1. The van der Waals surface area contributed by atoms with Crippen LogP contribution >= 0.6 is 0 Å². The molecule has 0 amide bonds. The van der Waals surface area contributed by atoms with Gasteiger partial charge in [-0.15, -0.1) is 0 Å². The van der Waals surface area contributed by atoms with Crippen LogP contribution < -0.4 is 15.0 Å². The molecule has 0 fully saturated rings. The Kier molecular flexibility index (Phi) is 5.38. The molecule has 4 rings (SSSR count). The van der Waals surface area contributed by atoms with Gasteiger partial charge in [-0.25, -0.2) is 0 Å². The third-order valence-corrected chi connectivity index (χ3v) is 5.75. The smallest absolute Gasteiger partial charge is 0.164 e. The highest BCUT2D eigenvalue weighted by Crippen LogP contribution is 2.32. The number of unbranched alkanes of at least 4 members (excludes halogenated alkanes) is 1. The lowest BCUT2D eigenvalue weighted by Gasteiger charge is -2.31. The number of benzene rings is 2. The van der Waals surface area contributed by atoms with E-state index in [2.05, 4.69) is 35.9 Å². The molecule has 2 aliphatic rings. The summed E-state index contributed by atoms with van der Waals surface area (Å²) in [4.78, 5) is 15.2. The van der Waals surface area contributed by atoms with Crippen LogP contribution in [0.15, 0.2) is 54.6 Å². The SMILES string of the molecule is C=C1Cc2cccc(C(=O)CCCCN3CCOc4ccccc43)c2NC1C. The number of hydrogen-bond acceptors (Lipinski definition) is 4. The van der Waals surface area contributed by atoms with E-state index >= 15 is 0 Å². The average molecular weight is 376 g/mol. The highest BCUT2D eigenvalue weighted by molar-refractivity contribution is 6.02. The van der Waals surface area contributed by atoms with E-state index in [4.69, 9.17) is 4.74 Å². The molecule has 0 spiro atoms. The zero-order valence-corrected chi connectivity index (χ0v) is 16.5. The number of Topliss-reactive ketones (excluding diaryl/α,β-unsaturated/α-hetero) is 1. The van der Waals surface area contributed by atoms with E-state index in [-0.39, 0.29) is 11.8 Å². The van der Waals surface area contributed by atoms with Crippen LogP contribution in [0.25, 0.3) is 0 Å². The molecular formula is C24H28N2O2. The molecule has 1 N–H and O–H groups in total. The van der Waals surface area contributed by atoms with E-state index in [1.807, 2.05) is 30.3 Å². The molecule has 4 nitrogen and oxygen atoms in total. The lowest BCUT2D eigenvalue weighted by molar-refractivity contribution is 0.0980. The Labute approximate surface area is 167 Å². The van der Waals surface area contributed by atoms with Crippen molar-refractivity contribution in [3.63, 3.8) is 0 Å². The second-order valence-electron chi connectivity index (χ2n) is 7.72. The molecule has 0 bridgehead atoms. The molecule has 4 heteroatoms. The molecular weight excluding hydrogens is 348 g/mol. The fourth-order valence-electron chi connectivity index (χ4n) is 4.05. The maximum atomic E-state index is 12.9. The number of nitrogens with one attached hydrogen (secondary N) is 1. The monoisotopic (exact) mass is 376 g/mol. The van der Waals surface area contributed by atoms with Crippen LogP contribution in [0.1, 0.15) is 42.1 Å². The maximum Gasteiger partial charge on any atom is 0.164 e. The van der Waals surface area contributed by atoms with Crippen molar-refractivity contribution in [2.45, 2.75) is 38.6 Å². The van der Waals surface area contributed by atoms with Gasteiger partial charge >= 0.3 is 0 Å². The number of nitrogens with zero attached hydrogens (tertiary/aromatic N) is 1. The number of hydrogen-bond donors (Lipinski definition) is 1. The van der Waals surface area contributed by atoms with Gasteiger partial charge < -0.3 is 15.0 Å². The van der Waals surface area contributed by atoms with Crippen molar-refractivity contribution in [3.05, 3.63) is 65.7 Å². The normalized spacial score (nSPS) is 18.0. The third-order valence-electron chi connectivity index (χ3n) is 5.75. The number of ketones is 1. The Morgan fingerprint density at radius 1 is 1.21 bits per heavy atom. The van der Waals surface area contributed by atoms with Gasteiger partial charge in [-0.1, -0.05) is 36.4 Å².